The highest BCUT2D eigenvalue weighted by atomic mass is 19.1. The summed E-state index contributed by atoms with van der Waals surface area (Å²) in [6, 6.07) is 3.43. The molecular formula is C16H13FN6O3. The zero-order valence-corrected chi connectivity index (χ0v) is 13.5. The van der Waals surface area contributed by atoms with Crippen LogP contribution in [0.3, 0.4) is 0 Å². The second-order valence-electron chi connectivity index (χ2n) is 5.87. The number of hydrogen-bond donors (Lipinski definition) is 3. The highest BCUT2D eigenvalue weighted by Gasteiger charge is 2.31. The summed E-state index contributed by atoms with van der Waals surface area (Å²) >= 11 is 0. The predicted octanol–water partition coefficient (Wildman–Crippen LogP) is 0.877. The van der Waals surface area contributed by atoms with Crippen molar-refractivity contribution in [3.05, 3.63) is 57.1 Å². The lowest BCUT2D eigenvalue weighted by Gasteiger charge is -2.27. The zero-order chi connectivity index (χ0) is 18.4. The average molecular weight is 356 g/mol. The lowest BCUT2D eigenvalue weighted by atomic mass is 9.91. The highest BCUT2D eigenvalue weighted by molar-refractivity contribution is 5.98. The number of benzene rings is 1. The predicted molar refractivity (Wildman–Crippen MR) is 87.6 cm³/mol. The minimum Gasteiger partial charge on any atom is -0.388 e. The van der Waals surface area contributed by atoms with Crippen molar-refractivity contribution >= 4 is 11.9 Å². The molecule has 4 N–H and O–H groups in total. The van der Waals surface area contributed by atoms with Crippen LogP contribution in [0.25, 0.3) is 11.5 Å². The van der Waals surface area contributed by atoms with Crippen LogP contribution in [-0.4, -0.2) is 26.1 Å². The van der Waals surface area contributed by atoms with Crippen molar-refractivity contribution in [1.82, 2.24) is 25.5 Å². The molecule has 1 aliphatic rings. The monoisotopic (exact) mass is 356 g/mol. The summed E-state index contributed by atoms with van der Waals surface area (Å²) in [6.07, 6.45) is 0.321. The van der Waals surface area contributed by atoms with E-state index in [1.165, 1.54) is 18.2 Å². The number of carbonyl (C=O) groups is 1. The Hall–Kier alpha value is -3.56. The standard InChI is InChI=1S/C16H13FN6O3/c1-6-12-11(21-15(18)19-6)5-10(20-13(12)24)8-3-2-7(17)4-9(8)14-22-23-16(25)26-14/h2-4,10H,5H2,1H3,(H,20,24)(H,23,25)(H2,18,19,21)/t10-/m1/s1. The first-order valence-electron chi connectivity index (χ1n) is 7.71. The molecule has 0 saturated carbocycles. The first kappa shape index (κ1) is 15.9. The average Bonchev–Trinajstić information content (AvgIpc) is 3.00. The van der Waals surface area contributed by atoms with E-state index in [1.807, 2.05) is 0 Å². The van der Waals surface area contributed by atoms with E-state index in [2.05, 4.69) is 25.5 Å². The van der Waals surface area contributed by atoms with Crippen molar-refractivity contribution in [2.45, 2.75) is 19.4 Å². The molecule has 0 saturated heterocycles. The summed E-state index contributed by atoms with van der Waals surface area (Å²) in [5, 5.41) is 8.73. The molecule has 1 atom stereocenters. The number of nitrogens with zero attached hydrogens (tertiary/aromatic N) is 3. The molecule has 0 radical (unpaired) electrons. The van der Waals surface area contributed by atoms with Gasteiger partial charge in [0.15, 0.2) is 0 Å². The lowest BCUT2D eigenvalue weighted by molar-refractivity contribution is 0.0922. The SMILES string of the molecule is Cc1nc(N)nc2c1C(=O)N[C@@H](c1ccc(F)cc1-c1n[nH]c(=O)o1)C2. The Labute approximate surface area is 145 Å². The van der Waals surface area contributed by atoms with E-state index >= 15 is 0 Å². The van der Waals surface area contributed by atoms with Gasteiger partial charge in [-0.2, -0.15) is 0 Å². The summed E-state index contributed by atoms with van der Waals surface area (Å²) in [5.41, 5.74) is 7.86. The van der Waals surface area contributed by atoms with Crippen LogP contribution in [0, 0.1) is 12.7 Å². The number of nitrogen functional groups attached to an aromatic ring is 1. The molecule has 3 aromatic rings. The van der Waals surface area contributed by atoms with Gasteiger partial charge in [-0.3, -0.25) is 4.79 Å². The van der Waals surface area contributed by atoms with Crippen LogP contribution in [0.5, 0.6) is 0 Å². The Morgan fingerprint density at radius 2 is 2.12 bits per heavy atom. The molecule has 0 spiro atoms. The maximum absolute atomic E-state index is 13.7. The number of H-pyrrole nitrogens is 1. The lowest BCUT2D eigenvalue weighted by Crippen LogP contribution is -2.37. The molecule has 4 rings (SSSR count). The van der Waals surface area contributed by atoms with Gasteiger partial charge in [0.2, 0.25) is 11.8 Å². The number of aromatic nitrogens is 4. The topological polar surface area (TPSA) is 140 Å². The molecular weight excluding hydrogens is 343 g/mol. The van der Waals surface area contributed by atoms with Crippen molar-refractivity contribution in [2.24, 2.45) is 0 Å². The number of fused-ring (bicyclic) bond motifs is 1. The normalized spacial score (nSPS) is 16.2. The van der Waals surface area contributed by atoms with Gasteiger partial charge in [0, 0.05) is 12.0 Å². The van der Waals surface area contributed by atoms with Gasteiger partial charge in [-0.15, -0.1) is 5.10 Å². The number of hydrogen-bond acceptors (Lipinski definition) is 7. The quantitative estimate of drug-likeness (QED) is 0.619. The summed E-state index contributed by atoms with van der Waals surface area (Å²) in [4.78, 5) is 31.9. The Morgan fingerprint density at radius 1 is 1.31 bits per heavy atom. The molecule has 2 aromatic heterocycles. The Balaban J connectivity index is 1.82. The molecule has 0 aliphatic carbocycles. The van der Waals surface area contributed by atoms with Gasteiger partial charge in [-0.25, -0.2) is 24.3 Å². The van der Waals surface area contributed by atoms with Gasteiger partial charge < -0.3 is 15.5 Å². The molecule has 0 bridgehead atoms. The molecule has 1 aromatic carbocycles. The van der Waals surface area contributed by atoms with E-state index < -0.39 is 17.6 Å². The fraction of sp³-hybridized carbons (Fsp3) is 0.188. The molecule has 9 nitrogen and oxygen atoms in total. The van der Waals surface area contributed by atoms with Crippen molar-refractivity contribution in [3.63, 3.8) is 0 Å². The van der Waals surface area contributed by atoms with Crippen LogP contribution in [0.15, 0.2) is 27.4 Å². The number of nitrogens with one attached hydrogen (secondary N) is 2. The fourth-order valence-corrected chi connectivity index (χ4v) is 3.12. The number of aromatic amines is 1. The largest absolute Gasteiger partial charge is 0.434 e. The van der Waals surface area contributed by atoms with Crippen molar-refractivity contribution < 1.29 is 13.6 Å². The van der Waals surface area contributed by atoms with Crippen LogP contribution in [-0.2, 0) is 6.42 Å². The van der Waals surface area contributed by atoms with Crippen LogP contribution in [0.1, 0.15) is 33.4 Å². The van der Waals surface area contributed by atoms with E-state index in [0.29, 0.717) is 28.9 Å². The number of rotatable bonds is 2. The highest BCUT2D eigenvalue weighted by Crippen LogP contribution is 2.32. The number of amides is 1. The molecule has 132 valence electrons. The van der Waals surface area contributed by atoms with Crippen LogP contribution in [0.2, 0.25) is 0 Å². The summed E-state index contributed by atoms with van der Waals surface area (Å²) in [7, 11) is 0. The van der Waals surface area contributed by atoms with E-state index in [-0.39, 0.29) is 23.3 Å². The Bertz CT molecular complexity index is 1090. The van der Waals surface area contributed by atoms with Crippen molar-refractivity contribution in [1.29, 1.82) is 0 Å². The molecule has 1 aliphatic heterocycles. The van der Waals surface area contributed by atoms with E-state index in [9.17, 15) is 14.0 Å². The third-order valence-corrected chi connectivity index (χ3v) is 4.17. The Kier molecular flexibility index (Phi) is 3.53. The molecule has 26 heavy (non-hydrogen) atoms. The molecule has 3 heterocycles. The smallest absolute Gasteiger partial charge is 0.388 e. The number of halogens is 1. The fourth-order valence-electron chi connectivity index (χ4n) is 3.12. The number of aryl methyl sites for hydroxylation is 1. The van der Waals surface area contributed by atoms with E-state index in [1.54, 1.807) is 6.92 Å². The summed E-state index contributed by atoms with van der Waals surface area (Å²) in [6.45, 7) is 1.68. The van der Waals surface area contributed by atoms with Crippen molar-refractivity contribution in [3.8, 4) is 11.5 Å². The van der Waals surface area contributed by atoms with Crippen LogP contribution < -0.4 is 16.8 Å². The number of carbonyl (C=O) groups excluding carboxylic acids is 1. The second-order valence-corrected chi connectivity index (χ2v) is 5.87. The third kappa shape index (κ3) is 2.61. The third-order valence-electron chi connectivity index (χ3n) is 4.17. The van der Waals surface area contributed by atoms with Gasteiger partial charge in [-0.05, 0) is 24.6 Å². The molecule has 0 fully saturated rings. The minimum atomic E-state index is -0.760. The maximum atomic E-state index is 13.7. The number of nitrogens with two attached hydrogens (primary N) is 1. The molecule has 10 heteroatoms. The number of anilines is 1. The van der Waals surface area contributed by atoms with Crippen LogP contribution in [0.4, 0.5) is 10.3 Å². The summed E-state index contributed by atoms with van der Waals surface area (Å²) in [5.74, 6) is -1.63. The zero-order valence-electron chi connectivity index (χ0n) is 13.5. The van der Waals surface area contributed by atoms with Crippen LogP contribution >= 0.6 is 0 Å². The van der Waals surface area contributed by atoms with Crippen molar-refractivity contribution in [2.75, 3.05) is 5.73 Å². The Morgan fingerprint density at radius 3 is 2.85 bits per heavy atom. The molecule has 1 amide bonds. The second kappa shape index (κ2) is 5.76. The minimum absolute atomic E-state index is 0.0667. The van der Waals surface area contributed by atoms with Gasteiger partial charge in [-0.1, -0.05) is 6.07 Å². The van der Waals surface area contributed by atoms with Gasteiger partial charge in [0.25, 0.3) is 5.91 Å². The summed E-state index contributed by atoms with van der Waals surface area (Å²) < 4.78 is 18.7. The molecule has 0 unspecified atom stereocenters. The first-order chi connectivity index (χ1) is 12.4. The van der Waals surface area contributed by atoms with E-state index in [0.717, 1.165) is 0 Å². The van der Waals surface area contributed by atoms with Gasteiger partial charge in [0.1, 0.15) is 5.82 Å². The van der Waals surface area contributed by atoms with E-state index in [4.69, 9.17) is 10.2 Å². The van der Waals surface area contributed by atoms with Gasteiger partial charge in [0.05, 0.1) is 23.0 Å². The maximum Gasteiger partial charge on any atom is 0.434 e. The van der Waals surface area contributed by atoms with Gasteiger partial charge >= 0.3 is 5.76 Å². The first-order valence-corrected chi connectivity index (χ1v) is 7.71.